The number of Topliss-reactive ketones (excluding diaryl/α,β-unsaturated/α-hetero) is 1. The van der Waals surface area contributed by atoms with Crippen LogP contribution in [0.4, 0.5) is 5.69 Å². The fourth-order valence-electron chi connectivity index (χ4n) is 4.95. The van der Waals surface area contributed by atoms with E-state index in [0.29, 0.717) is 12.0 Å². The molecule has 1 aliphatic carbocycles. The Morgan fingerprint density at radius 3 is 2.22 bits per heavy atom. The first-order valence-electron chi connectivity index (χ1n) is 9.21. The van der Waals surface area contributed by atoms with E-state index in [9.17, 15) is 9.59 Å². The SMILES string of the molecule is CN1C(=O)[C@@]2(c3ccccc3C(=O)C[C@@H]2c2ccccc2)c2ccccc21. The molecule has 0 fully saturated rings. The molecule has 3 heteroatoms. The summed E-state index contributed by atoms with van der Waals surface area (Å²) in [7, 11) is 1.83. The zero-order valence-electron chi connectivity index (χ0n) is 15.1. The smallest absolute Gasteiger partial charge is 0.242 e. The van der Waals surface area contributed by atoms with Crippen LogP contribution in [-0.2, 0) is 10.2 Å². The van der Waals surface area contributed by atoms with Crippen LogP contribution in [0.3, 0.4) is 0 Å². The van der Waals surface area contributed by atoms with E-state index >= 15 is 0 Å². The first-order valence-corrected chi connectivity index (χ1v) is 9.21. The van der Waals surface area contributed by atoms with Crippen molar-refractivity contribution in [1.29, 1.82) is 0 Å². The number of nitrogens with zero attached hydrogens (tertiary/aromatic N) is 1. The van der Waals surface area contributed by atoms with Gasteiger partial charge in [-0.05, 0) is 22.8 Å². The predicted octanol–water partition coefficient (Wildman–Crippen LogP) is 4.32. The lowest BCUT2D eigenvalue weighted by Gasteiger charge is -2.41. The molecule has 2 aliphatic rings. The van der Waals surface area contributed by atoms with Gasteiger partial charge in [0, 0.05) is 30.6 Å². The van der Waals surface area contributed by atoms with Gasteiger partial charge in [0.2, 0.25) is 5.91 Å². The van der Waals surface area contributed by atoms with Gasteiger partial charge in [-0.2, -0.15) is 0 Å². The maximum atomic E-state index is 13.8. The molecule has 0 unspecified atom stereocenters. The van der Waals surface area contributed by atoms with E-state index in [4.69, 9.17) is 0 Å². The average molecular weight is 353 g/mol. The van der Waals surface area contributed by atoms with E-state index in [-0.39, 0.29) is 17.6 Å². The lowest BCUT2D eigenvalue weighted by atomic mass is 9.58. The highest BCUT2D eigenvalue weighted by Gasteiger charge is 2.59. The highest BCUT2D eigenvalue weighted by atomic mass is 16.2. The van der Waals surface area contributed by atoms with Crippen molar-refractivity contribution in [2.24, 2.45) is 0 Å². The Labute approximate surface area is 158 Å². The van der Waals surface area contributed by atoms with Gasteiger partial charge in [-0.3, -0.25) is 9.59 Å². The molecule has 1 heterocycles. The highest BCUT2D eigenvalue weighted by Crippen LogP contribution is 2.57. The minimum absolute atomic E-state index is 0.0394. The number of amides is 1. The van der Waals surface area contributed by atoms with Crippen molar-refractivity contribution in [2.75, 3.05) is 11.9 Å². The van der Waals surface area contributed by atoms with Gasteiger partial charge in [-0.15, -0.1) is 0 Å². The zero-order valence-corrected chi connectivity index (χ0v) is 15.1. The highest BCUT2D eigenvalue weighted by molar-refractivity contribution is 6.15. The lowest BCUT2D eigenvalue weighted by Crippen LogP contribution is -2.48. The quantitative estimate of drug-likeness (QED) is 0.653. The molecule has 1 aliphatic heterocycles. The number of hydrogen-bond acceptors (Lipinski definition) is 2. The lowest BCUT2D eigenvalue weighted by molar-refractivity contribution is -0.122. The van der Waals surface area contributed by atoms with Gasteiger partial charge < -0.3 is 4.90 Å². The van der Waals surface area contributed by atoms with Crippen LogP contribution >= 0.6 is 0 Å². The second-order valence-corrected chi connectivity index (χ2v) is 7.33. The van der Waals surface area contributed by atoms with Gasteiger partial charge in [-0.1, -0.05) is 72.8 Å². The summed E-state index contributed by atoms with van der Waals surface area (Å²) in [6, 6.07) is 25.6. The summed E-state index contributed by atoms with van der Waals surface area (Å²) >= 11 is 0. The number of para-hydroxylation sites is 1. The maximum Gasteiger partial charge on any atom is 0.242 e. The average Bonchev–Trinajstić information content (AvgIpc) is 2.94. The van der Waals surface area contributed by atoms with Crippen molar-refractivity contribution in [3.8, 4) is 0 Å². The van der Waals surface area contributed by atoms with Crippen LogP contribution in [0.2, 0.25) is 0 Å². The molecule has 0 saturated carbocycles. The predicted molar refractivity (Wildman–Crippen MR) is 105 cm³/mol. The summed E-state index contributed by atoms with van der Waals surface area (Å²) in [6.07, 6.45) is 0.328. The minimum Gasteiger partial charge on any atom is -0.314 e. The van der Waals surface area contributed by atoms with Crippen molar-refractivity contribution in [3.63, 3.8) is 0 Å². The molecule has 0 bridgehead atoms. The fraction of sp³-hybridized carbons (Fsp3) is 0.167. The summed E-state index contributed by atoms with van der Waals surface area (Å²) in [4.78, 5) is 28.5. The number of hydrogen-bond donors (Lipinski definition) is 0. The van der Waals surface area contributed by atoms with E-state index in [1.807, 2.05) is 85.9 Å². The van der Waals surface area contributed by atoms with Crippen molar-refractivity contribution in [1.82, 2.24) is 0 Å². The number of rotatable bonds is 1. The van der Waals surface area contributed by atoms with E-state index in [2.05, 4.69) is 0 Å². The molecular formula is C24H19NO2. The topological polar surface area (TPSA) is 37.4 Å². The second kappa shape index (κ2) is 5.65. The van der Waals surface area contributed by atoms with Crippen LogP contribution in [0.15, 0.2) is 78.9 Å². The van der Waals surface area contributed by atoms with Crippen molar-refractivity contribution in [3.05, 3.63) is 101 Å². The Hall–Kier alpha value is -3.20. The first-order chi connectivity index (χ1) is 13.2. The van der Waals surface area contributed by atoms with Gasteiger partial charge >= 0.3 is 0 Å². The minimum atomic E-state index is -0.864. The molecule has 132 valence electrons. The van der Waals surface area contributed by atoms with Crippen LogP contribution in [0.25, 0.3) is 0 Å². The number of benzene rings is 3. The van der Waals surface area contributed by atoms with E-state index < -0.39 is 5.41 Å². The summed E-state index contributed by atoms with van der Waals surface area (Å²) in [5.41, 5.74) is 3.58. The Bertz CT molecular complexity index is 1070. The molecule has 0 aromatic heterocycles. The first kappa shape index (κ1) is 16.0. The van der Waals surface area contributed by atoms with Crippen LogP contribution < -0.4 is 4.90 Å². The number of fused-ring (bicyclic) bond motifs is 4. The third kappa shape index (κ3) is 1.97. The Balaban J connectivity index is 1.90. The standard InChI is InChI=1S/C24H19NO2/c1-25-21-14-8-7-13-19(21)24(23(25)27)18-12-6-5-11-17(18)22(26)15-20(24)16-9-3-2-4-10-16/h2-14,20H,15H2,1H3/t20-,24+/m1/s1. The zero-order chi connectivity index (χ0) is 18.6. The third-order valence-electron chi connectivity index (χ3n) is 6.10. The summed E-state index contributed by atoms with van der Waals surface area (Å²) in [5, 5.41) is 0. The monoisotopic (exact) mass is 353 g/mol. The Morgan fingerprint density at radius 2 is 1.44 bits per heavy atom. The summed E-state index contributed by atoms with van der Waals surface area (Å²) in [5.74, 6) is -0.0814. The van der Waals surface area contributed by atoms with E-state index in [1.165, 1.54) is 0 Å². The molecule has 1 amide bonds. The van der Waals surface area contributed by atoms with Gasteiger partial charge in [0.05, 0.1) is 0 Å². The molecule has 3 nitrogen and oxygen atoms in total. The Morgan fingerprint density at radius 1 is 0.815 bits per heavy atom. The number of anilines is 1. The molecule has 27 heavy (non-hydrogen) atoms. The van der Waals surface area contributed by atoms with Crippen LogP contribution in [0.5, 0.6) is 0 Å². The summed E-state index contributed by atoms with van der Waals surface area (Å²) in [6.45, 7) is 0. The number of carbonyl (C=O) groups excluding carboxylic acids is 2. The van der Waals surface area contributed by atoms with Crippen molar-refractivity contribution < 1.29 is 9.59 Å². The van der Waals surface area contributed by atoms with Crippen LogP contribution in [0, 0.1) is 0 Å². The van der Waals surface area contributed by atoms with Crippen molar-refractivity contribution in [2.45, 2.75) is 17.8 Å². The molecule has 5 rings (SSSR count). The van der Waals surface area contributed by atoms with E-state index in [0.717, 1.165) is 22.4 Å². The van der Waals surface area contributed by atoms with Gasteiger partial charge in [0.25, 0.3) is 0 Å². The molecule has 0 saturated heterocycles. The molecule has 0 N–H and O–H groups in total. The number of ketones is 1. The normalized spacial score (nSPS) is 23.4. The van der Waals surface area contributed by atoms with E-state index in [1.54, 1.807) is 4.90 Å². The molecular weight excluding hydrogens is 334 g/mol. The molecule has 0 radical (unpaired) electrons. The number of likely N-dealkylation sites (N-methyl/N-ethyl adjacent to an activating group) is 1. The molecule has 1 spiro atoms. The molecule has 3 aromatic rings. The maximum absolute atomic E-state index is 13.8. The van der Waals surface area contributed by atoms with Gasteiger partial charge in [-0.25, -0.2) is 0 Å². The summed E-state index contributed by atoms with van der Waals surface area (Å²) < 4.78 is 0. The van der Waals surface area contributed by atoms with Gasteiger partial charge in [0.1, 0.15) is 5.41 Å². The van der Waals surface area contributed by atoms with Gasteiger partial charge in [0.15, 0.2) is 5.78 Å². The Kier molecular flexibility index (Phi) is 3.35. The number of carbonyl (C=O) groups is 2. The van der Waals surface area contributed by atoms with Crippen molar-refractivity contribution >= 4 is 17.4 Å². The fourth-order valence-corrected chi connectivity index (χ4v) is 4.95. The third-order valence-corrected chi connectivity index (χ3v) is 6.10. The van der Waals surface area contributed by atoms with Crippen LogP contribution in [0.1, 0.15) is 39.4 Å². The largest absolute Gasteiger partial charge is 0.314 e. The second-order valence-electron chi connectivity index (χ2n) is 7.33. The molecule has 2 atom stereocenters. The molecule has 3 aromatic carbocycles. The van der Waals surface area contributed by atoms with Crippen LogP contribution in [-0.4, -0.2) is 18.7 Å².